The van der Waals surface area contributed by atoms with Crippen LogP contribution in [0.5, 0.6) is 0 Å². The second-order valence-corrected chi connectivity index (χ2v) is 3.03. The van der Waals surface area contributed by atoms with Crippen LogP contribution in [-0.4, -0.2) is 24.5 Å². The zero-order chi connectivity index (χ0) is 11.0. The predicted octanol–water partition coefficient (Wildman–Crippen LogP) is 1.06. The summed E-state index contributed by atoms with van der Waals surface area (Å²) in [6, 6.07) is -0.0306. The maximum Gasteiger partial charge on any atom is 0.305 e. The second kappa shape index (κ2) is 7.35. The van der Waals surface area contributed by atoms with E-state index in [1.165, 1.54) is 6.92 Å². The molecule has 1 N–H and O–H groups in total. The van der Waals surface area contributed by atoms with Crippen LogP contribution in [0.1, 0.15) is 33.1 Å². The zero-order valence-corrected chi connectivity index (χ0v) is 8.84. The average molecular weight is 200 g/mol. The first kappa shape index (κ1) is 12.9. The predicted molar refractivity (Wildman–Crippen MR) is 53.4 cm³/mol. The number of rotatable bonds is 6. The van der Waals surface area contributed by atoms with Crippen molar-refractivity contribution in [3.8, 4) is 0 Å². The standard InChI is InChI=1S/C10H18NO3/c1-4-9(11-8(3)12)6-7-10(13)14-5-2/h9H,1,4-7H2,2-3H3,(H,11,12). The van der Waals surface area contributed by atoms with Gasteiger partial charge in [-0.3, -0.25) is 9.59 Å². The zero-order valence-electron chi connectivity index (χ0n) is 8.84. The van der Waals surface area contributed by atoms with Crippen LogP contribution in [0.15, 0.2) is 0 Å². The largest absolute Gasteiger partial charge is 0.466 e. The molecule has 0 aliphatic rings. The van der Waals surface area contributed by atoms with Crippen LogP contribution in [0.25, 0.3) is 0 Å². The Kier molecular flexibility index (Phi) is 6.80. The van der Waals surface area contributed by atoms with Crippen molar-refractivity contribution in [2.24, 2.45) is 0 Å². The fourth-order valence-electron chi connectivity index (χ4n) is 1.10. The Morgan fingerprint density at radius 2 is 2.14 bits per heavy atom. The number of carbonyl (C=O) groups excluding carboxylic acids is 2. The van der Waals surface area contributed by atoms with Crippen molar-refractivity contribution in [3.63, 3.8) is 0 Å². The van der Waals surface area contributed by atoms with Crippen molar-refractivity contribution in [1.29, 1.82) is 0 Å². The molecule has 0 fully saturated rings. The quantitative estimate of drug-likeness (QED) is 0.652. The van der Waals surface area contributed by atoms with Crippen LogP contribution in [-0.2, 0) is 14.3 Å². The first-order valence-electron chi connectivity index (χ1n) is 4.82. The summed E-state index contributed by atoms with van der Waals surface area (Å²) in [5.74, 6) is -0.321. The number of nitrogens with one attached hydrogen (secondary N) is 1. The molecule has 0 bridgehead atoms. The lowest BCUT2D eigenvalue weighted by molar-refractivity contribution is -0.143. The molecule has 1 radical (unpaired) electrons. The van der Waals surface area contributed by atoms with E-state index in [0.29, 0.717) is 25.9 Å². The van der Waals surface area contributed by atoms with Gasteiger partial charge in [0.05, 0.1) is 6.61 Å². The lowest BCUT2D eigenvalue weighted by Gasteiger charge is -2.14. The van der Waals surface area contributed by atoms with E-state index in [1.807, 2.05) is 0 Å². The van der Waals surface area contributed by atoms with Gasteiger partial charge in [-0.15, -0.1) is 0 Å². The smallest absolute Gasteiger partial charge is 0.305 e. The number of hydrogen-bond acceptors (Lipinski definition) is 3. The van der Waals surface area contributed by atoms with Crippen molar-refractivity contribution in [2.45, 2.75) is 39.2 Å². The molecule has 0 aliphatic heterocycles. The Balaban J connectivity index is 3.71. The van der Waals surface area contributed by atoms with Gasteiger partial charge in [0.2, 0.25) is 5.91 Å². The maximum atomic E-state index is 11.0. The van der Waals surface area contributed by atoms with Gasteiger partial charge in [-0.25, -0.2) is 0 Å². The molecule has 4 nitrogen and oxygen atoms in total. The maximum absolute atomic E-state index is 11.0. The highest BCUT2D eigenvalue weighted by Crippen LogP contribution is 2.02. The summed E-state index contributed by atoms with van der Waals surface area (Å²) in [5, 5.41) is 2.72. The lowest BCUT2D eigenvalue weighted by atomic mass is 10.1. The van der Waals surface area contributed by atoms with E-state index in [9.17, 15) is 9.59 Å². The van der Waals surface area contributed by atoms with E-state index in [2.05, 4.69) is 12.2 Å². The fourth-order valence-corrected chi connectivity index (χ4v) is 1.10. The average Bonchev–Trinajstić information content (AvgIpc) is 2.12. The van der Waals surface area contributed by atoms with E-state index in [1.54, 1.807) is 6.92 Å². The number of hydrogen-bond donors (Lipinski definition) is 1. The first-order chi connectivity index (χ1) is 6.60. The molecule has 0 aromatic carbocycles. The molecular formula is C10H18NO3. The van der Waals surface area contributed by atoms with E-state index in [4.69, 9.17) is 4.74 Å². The molecule has 14 heavy (non-hydrogen) atoms. The molecule has 1 atom stereocenters. The Labute approximate surface area is 85.0 Å². The minimum atomic E-state index is -0.226. The molecule has 0 saturated carbocycles. The highest BCUT2D eigenvalue weighted by molar-refractivity contribution is 5.73. The van der Waals surface area contributed by atoms with Crippen LogP contribution in [0, 0.1) is 6.92 Å². The molecule has 81 valence electrons. The Morgan fingerprint density at radius 3 is 2.57 bits per heavy atom. The molecule has 0 heterocycles. The summed E-state index contributed by atoms with van der Waals surface area (Å²) in [6.45, 7) is 7.31. The minimum absolute atomic E-state index is 0.0306. The van der Waals surface area contributed by atoms with Gasteiger partial charge in [0.25, 0.3) is 0 Å². The SMILES string of the molecule is [CH2]CC(CCC(=O)OCC)NC(C)=O. The topological polar surface area (TPSA) is 55.4 Å². The summed E-state index contributed by atoms with van der Waals surface area (Å²) >= 11 is 0. The molecule has 0 rings (SSSR count). The Hall–Kier alpha value is -1.06. The van der Waals surface area contributed by atoms with Gasteiger partial charge in [0, 0.05) is 19.4 Å². The van der Waals surface area contributed by atoms with Crippen molar-refractivity contribution in [1.82, 2.24) is 5.32 Å². The fraction of sp³-hybridized carbons (Fsp3) is 0.700. The molecular weight excluding hydrogens is 182 g/mol. The summed E-state index contributed by atoms with van der Waals surface area (Å²) in [6.07, 6.45) is 1.50. The molecule has 4 heteroatoms. The van der Waals surface area contributed by atoms with Gasteiger partial charge >= 0.3 is 5.97 Å². The van der Waals surface area contributed by atoms with Crippen molar-refractivity contribution in [2.75, 3.05) is 6.61 Å². The summed E-state index contributed by atoms with van der Waals surface area (Å²) in [5.41, 5.74) is 0. The van der Waals surface area contributed by atoms with Crippen LogP contribution in [0.4, 0.5) is 0 Å². The summed E-state index contributed by atoms with van der Waals surface area (Å²) in [4.78, 5) is 21.7. The first-order valence-corrected chi connectivity index (χ1v) is 4.82. The van der Waals surface area contributed by atoms with Crippen molar-refractivity contribution < 1.29 is 14.3 Å². The van der Waals surface area contributed by atoms with Gasteiger partial charge in [-0.2, -0.15) is 0 Å². The molecule has 1 unspecified atom stereocenters. The van der Waals surface area contributed by atoms with Gasteiger partial charge in [-0.05, 0) is 19.8 Å². The van der Waals surface area contributed by atoms with E-state index >= 15 is 0 Å². The van der Waals surface area contributed by atoms with Crippen LogP contribution < -0.4 is 5.32 Å². The number of carbonyl (C=O) groups is 2. The van der Waals surface area contributed by atoms with Crippen molar-refractivity contribution >= 4 is 11.9 Å². The number of amides is 1. The number of esters is 1. The van der Waals surface area contributed by atoms with Crippen LogP contribution in [0.3, 0.4) is 0 Å². The normalized spacial score (nSPS) is 11.9. The third-order valence-electron chi connectivity index (χ3n) is 1.76. The molecule has 1 amide bonds. The molecule has 0 aromatic rings. The lowest BCUT2D eigenvalue weighted by Crippen LogP contribution is -2.33. The highest BCUT2D eigenvalue weighted by Gasteiger charge is 2.10. The Bertz CT molecular complexity index is 192. The molecule has 0 aliphatic carbocycles. The Morgan fingerprint density at radius 1 is 1.50 bits per heavy atom. The molecule has 0 aromatic heterocycles. The van der Waals surface area contributed by atoms with Gasteiger partial charge in [-0.1, -0.05) is 6.92 Å². The number of ether oxygens (including phenoxy) is 1. The van der Waals surface area contributed by atoms with Gasteiger partial charge < -0.3 is 10.1 Å². The van der Waals surface area contributed by atoms with Crippen LogP contribution >= 0.6 is 0 Å². The third kappa shape index (κ3) is 6.46. The minimum Gasteiger partial charge on any atom is -0.466 e. The highest BCUT2D eigenvalue weighted by atomic mass is 16.5. The van der Waals surface area contributed by atoms with Crippen LogP contribution in [0.2, 0.25) is 0 Å². The van der Waals surface area contributed by atoms with E-state index in [-0.39, 0.29) is 17.9 Å². The summed E-state index contributed by atoms with van der Waals surface area (Å²) in [7, 11) is 0. The van der Waals surface area contributed by atoms with Crippen molar-refractivity contribution in [3.05, 3.63) is 6.92 Å². The monoisotopic (exact) mass is 200 g/mol. The van der Waals surface area contributed by atoms with E-state index in [0.717, 1.165) is 0 Å². The second-order valence-electron chi connectivity index (χ2n) is 3.03. The third-order valence-corrected chi connectivity index (χ3v) is 1.76. The molecule has 0 saturated heterocycles. The summed E-state index contributed by atoms with van der Waals surface area (Å²) < 4.78 is 4.77. The van der Waals surface area contributed by atoms with Gasteiger partial charge in [0.15, 0.2) is 0 Å². The molecule has 0 spiro atoms. The van der Waals surface area contributed by atoms with E-state index < -0.39 is 0 Å². The van der Waals surface area contributed by atoms with Gasteiger partial charge in [0.1, 0.15) is 0 Å².